The summed E-state index contributed by atoms with van der Waals surface area (Å²) in [6, 6.07) is 5.36. The highest BCUT2D eigenvalue weighted by molar-refractivity contribution is 5.96. The number of nitrogens with zero attached hydrogens (tertiary/aromatic N) is 1. The predicted molar refractivity (Wildman–Crippen MR) is 66.5 cm³/mol. The molecule has 0 aliphatic rings. The van der Waals surface area contributed by atoms with Crippen LogP contribution in [0.4, 0.5) is 5.69 Å². The largest absolute Gasteiger partial charge is 0.399 e. The van der Waals surface area contributed by atoms with Crippen molar-refractivity contribution in [3.63, 3.8) is 0 Å². The fourth-order valence-electron chi connectivity index (χ4n) is 1.37. The van der Waals surface area contributed by atoms with Crippen LogP contribution in [-0.2, 0) is 0 Å². The first kappa shape index (κ1) is 12.5. The van der Waals surface area contributed by atoms with E-state index < -0.39 is 0 Å². The molecule has 0 aliphatic heterocycles. The van der Waals surface area contributed by atoms with Crippen molar-refractivity contribution in [3.05, 3.63) is 29.3 Å². The molecule has 0 saturated carbocycles. The second-order valence-electron chi connectivity index (χ2n) is 4.13. The average molecular weight is 221 g/mol. The quantitative estimate of drug-likeness (QED) is 0.742. The monoisotopic (exact) mass is 221 g/mol. The van der Waals surface area contributed by atoms with E-state index >= 15 is 0 Å². The molecule has 0 spiro atoms. The molecule has 1 aromatic rings. The molecule has 4 nitrogen and oxygen atoms in total. The Labute approximate surface area is 96.4 Å². The van der Waals surface area contributed by atoms with Crippen molar-refractivity contribution in [2.24, 2.45) is 0 Å². The summed E-state index contributed by atoms with van der Waals surface area (Å²) < 4.78 is 0. The molecule has 4 heteroatoms. The molecule has 0 fully saturated rings. The van der Waals surface area contributed by atoms with Gasteiger partial charge in [0, 0.05) is 24.3 Å². The van der Waals surface area contributed by atoms with E-state index in [1.807, 2.05) is 32.0 Å². The molecule has 0 aliphatic carbocycles. The molecule has 1 amide bonds. The van der Waals surface area contributed by atoms with Crippen LogP contribution in [0.2, 0.25) is 0 Å². The molecule has 3 N–H and O–H groups in total. The lowest BCUT2D eigenvalue weighted by atomic mass is 10.1. The number of nitrogen functional groups attached to an aromatic ring is 1. The maximum atomic E-state index is 11.8. The number of hydrogen-bond donors (Lipinski definition) is 2. The Kier molecular flexibility index (Phi) is 4.31. The summed E-state index contributed by atoms with van der Waals surface area (Å²) in [4.78, 5) is 13.8. The number of amides is 1. The van der Waals surface area contributed by atoms with E-state index in [1.54, 1.807) is 12.1 Å². The van der Waals surface area contributed by atoms with Gasteiger partial charge < -0.3 is 16.0 Å². The van der Waals surface area contributed by atoms with Gasteiger partial charge in [-0.1, -0.05) is 6.07 Å². The highest BCUT2D eigenvalue weighted by Crippen LogP contribution is 2.12. The lowest BCUT2D eigenvalue weighted by Crippen LogP contribution is -2.31. The van der Waals surface area contributed by atoms with E-state index in [0.717, 1.165) is 12.1 Å². The lowest BCUT2D eigenvalue weighted by molar-refractivity contribution is 0.0950. The van der Waals surface area contributed by atoms with E-state index in [-0.39, 0.29) is 5.91 Å². The molecule has 1 rings (SSSR count). The third-order valence-electron chi connectivity index (χ3n) is 2.35. The van der Waals surface area contributed by atoms with Crippen molar-refractivity contribution in [1.29, 1.82) is 0 Å². The number of nitrogens with two attached hydrogens (primary N) is 1. The lowest BCUT2D eigenvalue weighted by Gasteiger charge is -2.11. The third kappa shape index (κ3) is 3.55. The molecule has 0 radical (unpaired) electrons. The second-order valence-corrected chi connectivity index (χ2v) is 4.13. The predicted octanol–water partition coefficient (Wildman–Crippen LogP) is 0.869. The van der Waals surface area contributed by atoms with E-state index in [2.05, 4.69) is 5.32 Å². The van der Waals surface area contributed by atoms with E-state index in [0.29, 0.717) is 17.8 Å². The van der Waals surface area contributed by atoms with Crippen molar-refractivity contribution >= 4 is 11.6 Å². The number of benzene rings is 1. The van der Waals surface area contributed by atoms with Gasteiger partial charge in [-0.25, -0.2) is 0 Å². The molecule has 0 saturated heterocycles. The Morgan fingerprint density at radius 2 is 2.12 bits per heavy atom. The fourth-order valence-corrected chi connectivity index (χ4v) is 1.37. The summed E-state index contributed by atoms with van der Waals surface area (Å²) in [6.45, 7) is 3.37. The van der Waals surface area contributed by atoms with Crippen molar-refractivity contribution in [2.45, 2.75) is 6.92 Å². The average Bonchev–Trinajstić information content (AvgIpc) is 2.21. The van der Waals surface area contributed by atoms with Gasteiger partial charge in [0.1, 0.15) is 0 Å². The van der Waals surface area contributed by atoms with Crippen LogP contribution in [0.3, 0.4) is 0 Å². The van der Waals surface area contributed by atoms with Crippen molar-refractivity contribution < 1.29 is 4.79 Å². The van der Waals surface area contributed by atoms with Gasteiger partial charge in [0.15, 0.2) is 0 Å². The second kappa shape index (κ2) is 5.51. The van der Waals surface area contributed by atoms with Crippen molar-refractivity contribution in [3.8, 4) is 0 Å². The zero-order valence-electron chi connectivity index (χ0n) is 10.1. The molecule has 0 unspecified atom stereocenters. The van der Waals surface area contributed by atoms with Crippen LogP contribution >= 0.6 is 0 Å². The number of carbonyl (C=O) groups is 1. The zero-order chi connectivity index (χ0) is 12.1. The number of rotatable bonds is 4. The Hall–Kier alpha value is -1.55. The number of hydrogen-bond acceptors (Lipinski definition) is 3. The van der Waals surface area contributed by atoms with Crippen LogP contribution in [0.5, 0.6) is 0 Å². The van der Waals surface area contributed by atoms with Crippen molar-refractivity contribution in [1.82, 2.24) is 10.2 Å². The first-order valence-corrected chi connectivity index (χ1v) is 5.30. The van der Waals surface area contributed by atoms with Gasteiger partial charge in [-0.05, 0) is 38.7 Å². The molecule has 16 heavy (non-hydrogen) atoms. The standard InChI is InChI=1S/C12H19N3O/c1-9-4-5-10(13)8-11(9)12(16)14-6-7-15(2)3/h4-5,8H,6-7,13H2,1-3H3,(H,14,16). The van der Waals surface area contributed by atoms with Gasteiger partial charge in [0.25, 0.3) is 5.91 Å². The molecular formula is C12H19N3O. The minimum absolute atomic E-state index is 0.0633. The number of carbonyl (C=O) groups excluding carboxylic acids is 1. The van der Waals surface area contributed by atoms with Gasteiger partial charge in [-0.15, -0.1) is 0 Å². The minimum Gasteiger partial charge on any atom is -0.399 e. The summed E-state index contributed by atoms with van der Waals surface area (Å²) in [6.07, 6.45) is 0. The number of likely N-dealkylation sites (N-methyl/N-ethyl adjacent to an activating group) is 1. The first-order valence-electron chi connectivity index (χ1n) is 5.30. The molecule has 0 atom stereocenters. The number of nitrogens with one attached hydrogen (secondary N) is 1. The molecule has 0 bridgehead atoms. The summed E-state index contributed by atoms with van der Waals surface area (Å²) >= 11 is 0. The maximum absolute atomic E-state index is 11.8. The minimum atomic E-state index is -0.0633. The molecule has 88 valence electrons. The van der Waals surface area contributed by atoms with Crippen LogP contribution in [-0.4, -0.2) is 38.0 Å². The SMILES string of the molecule is Cc1ccc(N)cc1C(=O)NCCN(C)C. The molecule has 1 aromatic carbocycles. The van der Waals surface area contributed by atoms with Gasteiger partial charge >= 0.3 is 0 Å². The van der Waals surface area contributed by atoms with Crippen LogP contribution in [0.15, 0.2) is 18.2 Å². The van der Waals surface area contributed by atoms with Crippen LogP contribution in [0.25, 0.3) is 0 Å². The molecule has 0 aromatic heterocycles. The van der Waals surface area contributed by atoms with Crippen LogP contribution in [0, 0.1) is 6.92 Å². The highest BCUT2D eigenvalue weighted by Gasteiger charge is 2.08. The van der Waals surface area contributed by atoms with Gasteiger partial charge in [-0.2, -0.15) is 0 Å². The van der Waals surface area contributed by atoms with Gasteiger partial charge in [-0.3, -0.25) is 4.79 Å². The van der Waals surface area contributed by atoms with Crippen LogP contribution in [0.1, 0.15) is 15.9 Å². The molecule has 0 heterocycles. The zero-order valence-corrected chi connectivity index (χ0v) is 10.1. The highest BCUT2D eigenvalue weighted by atomic mass is 16.1. The maximum Gasteiger partial charge on any atom is 0.251 e. The topological polar surface area (TPSA) is 58.4 Å². The summed E-state index contributed by atoms with van der Waals surface area (Å²) in [5.41, 5.74) is 7.86. The number of aryl methyl sites for hydroxylation is 1. The number of anilines is 1. The van der Waals surface area contributed by atoms with Crippen molar-refractivity contribution in [2.75, 3.05) is 32.9 Å². The van der Waals surface area contributed by atoms with Crippen LogP contribution < -0.4 is 11.1 Å². The van der Waals surface area contributed by atoms with E-state index in [4.69, 9.17) is 5.73 Å². The fraction of sp³-hybridized carbons (Fsp3) is 0.417. The Balaban J connectivity index is 2.62. The van der Waals surface area contributed by atoms with E-state index in [1.165, 1.54) is 0 Å². The Morgan fingerprint density at radius 3 is 2.75 bits per heavy atom. The van der Waals surface area contributed by atoms with E-state index in [9.17, 15) is 4.79 Å². The third-order valence-corrected chi connectivity index (χ3v) is 2.35. The normalized spacial score (nSPS) is 10.5. The van der Waals surface area contributed by atoms with Gasteiger partial charge in [0.2, 0.25) is 0 Å². The molecular weight excluding hydrogens is 202 g/mol. The van der Waals surface area contributed by atoms with Gasteiger partial charge in [0.05, 0.1) is 0 Å². The first-order chi connectivity index (χ1) is 7.50. The summed E-state index contributed by atoms with van der Waals surface area (Å²) in [5, 5.41) is 2.86. The smallest absolute Gasteiger partial charge is 0.251 e. The summed E-state index contributed by atoms with van der Waals surface area (Å²) in [7, 11) is 3.94. The Bertz CT molecular complexity index is 375. The summed E-state index contributed by atoms with van der Waals surface area (Å²) in [5.74, 6) is -0.0633. The Morgan fingerprint density at radius 1 is 1.44 bits per heavy atom.